The molecule has 0 atom stereocenters. The van der Waals surface area contributed by atoms with E-state index in [2.05, 4.69) is 0 Å². The van der Waals surface area contributed by atoms with Crippen LogP contribution in [-0.4, -0.2) is 93.9 Å². The van der Waals surface area contributed by atoms with Crippen LogP contribution in [0.5, 0.6) is 11.5 Å². The highest BCUT2D eigenvalue weighted by Crippen LogP contribution is 2.47. The molecule has 2 aromatic heterocycles. The van der Waals surface area contributed by atoms with Crippen molar-refractivity contribution in [3.05, 3.63) is 196 Å². The van der Waals surface area contributed by atoms with Gasteiger partial charge >= 0.3 is 0 Å². The summed E-state index contributed by atoms with van der Waals surface area (Å²) >= 11 is 11.7. The number of likely N-dealkylation sites (N-methyl/N-ethyl adjacent to an activating group) is 2. The Morgan fingerprint density at radius 1 is 0.610 bits per heavy atom. The van der Waals surface area contributed by atoms with E-state index in [0.717, 1.165) is 11.1 Å². The summed E-state index contributed by atoms with van der Waals surface area (Å²) in [6.07, 6.45) is 4.24. The summed E-state index contributed by atoms with van der Waals surface area (Å²) in [6.45, 7) is 0.833. The largest absolute Gasteiger partial charge is 0.483 e. The van der Waals surface area contributed by atoms with Gasteiger partial charge in [-0.2, -0.15) is 0 Å². The number of ether oxygens (including phenoxy) is 3. The van der Waals surface area contributed by atoms with Crippen LogP contribution in [0, 0.1) is 11.6 Å². The predicted octanol–water partition coefficient (Wildman–Crippen LogP) is 9.87. The van der Waals surface area contributed by atoms with Crippen LogP contribution < -0.4 is 20.3 Å². The average molecular weight is 1100 g/mol. The maximum atomic E-state index is 14.4. The minimum atomic E-state index is -0.683. The Balaban J connectivity index is 0.000000218. The monoisotopic (exact) mass is 1090 g/mol. The molecule has 2 amide bonds. The number of Topliss-reactive ketones (excluding diaryl/α,β-unsaturated/α-hetero) is 2. The second-order valence-corrected chi connectivity index (χ2v) is 20.6. The van der Waals surface area contributed by atoms with E-state index in [0.29, 0.717) is 44.3 Å². The molecular formula is C59H62Cl2F2N4O10. The molecule has 2 spiro atoms. The van der Waals surface area contributed by atoms with Gasteiger partial charge in [0.15, 0.2) is 34.5 Å². The van der Waals surface area contributed by atoms with Crippen molar-refractivity contribution < 1.29 is 47.3 Å². The lowest BCUT2D eigenvalue weighted by Crippen LogP contribution is -2.61. The zero-order valence-corrected chi connectivity index (χ0v) is 43.0. The highest BCUT2D eigenvalue weighted by molar-refractivity contribution is 6.31. The number of amides is 2. The highest BCUT2D eigenvalue weighted by atomic mass is 35.5. The first kappa shape index (κ1) is 57.7. The number of carbonyl (C=O) groups excluding carboxylic acids is 4. The minimum Gasteiger partial charge on any atom is -0.483 e. The number of hydrogen-bond acceptors (Lipinski definition) is 10. The van der Waals surface area contributed by atoms with Crippen molar-refractivity contribution in [1.82, 2.24) is 18.9 Å². The van der Waals surface area contributed by atoms with Gasteiger partial charge in [-0.05, 0) is 72.9 Å². The lowest BCUT2D eigenvalue weighted by Gasteiger charge is -2.53. The van der Waals surface area contributed by atoms with Gasteiger partial charge in [-0.25, -0.2) is 8.78 Å². The van der Waals surface area contributed by atoms with E-state index in [9.17, 15) is 42.7 Å². The summed E-state index contributed by atoms with van der Waals surface area (Å²) in [5.41, 5.74) is -0.352. The van der Waals surface area contributed by atoms with Crippen molar-refractivity contribution in [1.29, 1.82) is 0 Å². The molecule has 77 heavy (non-hydrogen) atoms. The number of nitrogens with zero attached hydrogens (tertiary/aromatic N) is 4. The van der Waals surface area contributed by atoms with Crippen LogP contribution in [0.3, 0.4) is 0 Å². The lowest BCUT2D eigenvalue weighted by atomic mass is 9.72. The van der Waals surface area contributed by atoms with Crippen LogP contribution in [0.2, 0.25) is 10.0 Å². The smallest absolute Gasteiger partial charge is 0.274 e. The number of halogens is 4. The van der Waals surface area contributed by atoms with Crippen molar-refractivity contribution in [3.8, 4) is 11.5 Å². The molecule has 10 rings (SSSR count). The fourth-order valence-electron chi connectivity index (χ4n) is 10.7. The Labute approximate surface area is 455 Å². The number of fused-ring (bicyclic) bond motifs is 4. The van der Waals surface area contributed by atoms with Crippen molar-refractivity contribution in [2.75, 3.05) is 34.3 Å². The van der Waals surface area contributed by atoms with Crippen LogP contribution in [-0.2, 0) is 41.9 Å². The SMILES string of the molecule is C.C.CN1CC2(CC(O)C2)n2cc(C(=O)CCc3cccc(Cl)c3F)c(=O)c(OCc3ccccc3)c2C1=O.COC1CC2(C1)CN(C)C(=O)c1c(OCc3ccccc3)c(=O)c(C(=O)CCc3cccc(Cl)c3F)cn12. The van der Waals surface area contributed by atoms with Gasteiger partial charge in [-0.1, -0.05) is 123 Å². The number of benzene rings is 4. The molecule has 18 heteroatoms. The Hall–Kier alpha value is -6.98. The highest BCUT2D eigenvalue weighted by Gasteiger charge is 2.53. The van der Waals surface area contributed by atoms with Crippen LogP contribution in [0.25, 0.3) is 0 Å². The molecule has 2 saturated carbocycles. The summed E-state index contributed by atoms with van der Waals surface area (Å²) < 4.78 is 49.6. The number of aryl methyl sites for hydroxylation is 2. The number of ketones is 2. The third-order valence-corrected chi connectivity index (χ3v) is 15.2. The summed E-state index contributed by atoms with van der Waals surface area (Å²) in [5.74, 6) is -3.22. The maximum absolute atomic E-state index is 14.4. The molecule has 0 saturated heterocycles. The van der Waals surface area contributed by atoms with Crippen LogP contribution in [0.15, 0.2) is 119 Å². The molecule has 2 fully saturated rings. The fourth-order valence-corrected chi connectivity index (χ4v) is 11.1. The van der Waals surface area contributed by atoms with E-state index in [1.807, 2.05) is 60.7 Å². The summed E-state index contributed by atoms with van der Waals surface area (Å²) in [5, 5.41) is 10.1. The van der Waals surface area contributed by atoms with Crippen molar-refractivity contribution in [2.45, 2.75) is 103 Å². The normalized spacial score (nSPS) is 19.8. The third-order valence-electron chi connectivity index (χ3n) is 14.7. The Kier molecular flexibility index (Phi) is 17.8. The Morgan fingerprint density at radius 3 is 1.38 bits per heavy atom. The average Bonchev–Trinajstić information content (AvgIpc) is 3.49. The second kappa shape index (κ2) is 23.7. The van der Waals surface area contributed by atoms with Crippen molar-refractivity contribution in [2.24, 2.45) is 0 Å². The molecule has 0 bridgehead atoms. The minimum absolute atomic E-state index is 0. The Morgan fingerprint density at radius 2 is 1.00 bits per heavy atom. The van der Waals surface area contributed by atoms with Gasteiger partial charge in [0, 0.05) is 59.5 Å². The molecule has 2 aliphatic carbocycles. The van der Waals surface area contributed by atoms with Gasteiger partial charge in [0.1, 0.15) is 24.8 Å². The first-order chi connectivity index (χ1) is 35.9. The van der Waals surface area contributed by atoms with Crippen LogP contribution in [0.4, 0.5) is 8.78 Å². The van der Waals surface area contributed by atoms with Crippen LogP contribution >= 0.6 is 23.2 Å². The maximum Gasteiger partial charge on any atom is 0.274 e. The molecule has 6 aromatic rings. The number of aromatic nitrogens is 2. The quantitative estimate of drug-likeness (QED) is 0.0979. The zero-order chi connectivity index (χ0) is 53.3. The van der Waals surface area contributed by atoms with E-state index in [1.54, 1.807) is 59.5 Å². The van der Waals surface area contributed by atoms with E-state index < -0.39 is 57.1 Å². The van der Waals surface area contributed by atoms with Gasteiger partial charge in [0.05, 0.1) is 44.5 Å². The number of carbonyl (C=O) groups is 4. The van der Waals surface area contributed by atoms with Crippen molar-refractivity contribution in [3.63, 3.8) is 0 Å². The Bertz CT molecular complexity index is 3320. The van der Waals surface area contributed by atoms with Gasteiger partial charge < -0.3 is 38.3 Å². The fraction of sp³-hybridized carbons (Fsp3) is 0.356. The zero-order valence-electron chi connectivity index (χ0n) is 41.5. The summed E-state index contributed by atoms with van der Waals surface area (Å²) in [4.78, 5) is 83.7. The van der Waals surface area contributed by atoms with Gasteiger partial charge in [0.2, 0.25) is 10.9 Å². The first-order valence-electron chi connectivity index (χ1n) is 24.5. The van der Waals surface area contributed by atoms with Crippen LogP contribution in [0.1, 0.15) is 117 Å². The molecule has 0 radical (unpaired) electrons. The number of hydrogen-bond donors (Lipinski definition) is 1. The molecular weight excluding hydrogens is 1030 g/mol. The molecule has 14 nitrogen and oxygen atoms in total. The molecule has 4 aliphatic rings. The van der Waals surface area contributed by atoms with E-state index in [1.165, 1.54) is 29.4 Å². The third kappa shape index (κ3) is 11.4. The lowest BCUT2D eigenvalue weighted by molar-refractivity contribution is -0.0674. The first-order valence-corrected chi connectivity index (χ1v) is 25.3. The summed E-state index contributed by atoms with van der Waals surface area (Å²) in [7, 11) is 4.97. The molecule has 4 aromatic carbocycles. The predicted molar refractivity (Wildman–Crippen MR) is 290 cm³/mol. The molecule has 0 unspecified atom stereocenters. The van der Waals surface area contributed by atoms with Gasteiger partial charge in [-0.3, -0.25) is 28.8 Å². The molecule has 406 valence electrons. The van der Waals surface area contributed by atoms with E-state index in [4.69, 9.17) is 37.4 Å². The molecule has 2 aliphatic heterocycles. The van der Waals surface area contributed by atoms with Gasteiger partial charge in [-0.15, -0.1) is 0 Å². The summed E-state index contributed by atoms with van der Waals surface area (Å²) in [6, 6.07) is 27.6. The standard InChI is InChI=1S/C29H28ClFN2O5.C28H26ClFN2O5.2CH4/c1-32-17-29(13-20(14-29)37-2)33-15-21(23(34)12-11-19-9-6-10-22(30)24(19)31)26(35)27(25(33)28(32)36)38-16-18-7-4-3-5-8-18;1-31-16-28(12-19(33)13-28)32-14-20(22(34)11-10-18-8-5-9-21(29)23(18)30)25(35)26(24(32)27(31)36)37-15-17-6-3-2-4-7-17;;/h3-10,15,20H,11-14,16-17H2,1-2H3;2-9,14,19,33H,10-13,15-16H2,1H3;2*1H4. The van der Waals surface area contributed by atoms with Crippen molar-refractivity contribution >= 4 is 46.6 Å². The number of rotatable bonds is 15. The van der Waals surface area contributed by atoms with Gasteiger partial charge in [0.25, 0.3) is 11.8 Å². The van der Waals surface area contributed by atoms with E-state index >= 15 is 0 Å². The molecule has 1 N–H and O–H groups in total. The number of aliphatic hydroxyl groups is 1. The topological polar surface area (TPSA) is 167 Å². The number of methoxy groups -OCH3 is 1. The number of pyridine rings is 2. The number of aliphatic hydroxyl groups excluding tert-OH is 1. The second-order valence-electron chi connectivity index (χ2n) is 19.8. The van der Waals surface area contributed by atoms with E-state index in [-0.39, 0.29) is 115 Å². The molecule has 4 heterocycles.